The Balaban J connectivity index is 1.55. The van der Waals surface area contributed by atoms with Crippen molar-refractivity contribution < 1.29 is 13.2 Å². The van der Waals surface area contributed by atoms with Crippen LogP contribution in [0.3, 0.4) is 0 Å². The van der Waals surface area contributed by atoms with Crippen LogP contribution in [0.5, 0.6) is 0 Å². The molecule has 3 aliphatic rings. The molecule has 0 bridgehead atoms. The van der Waals surface area contributed by atoms with Crippen LogP contribution >= 0.6 is 0 Å². The van der Waals surface area contributed by atoms with E-state index >= 15 is 0 Å². The zero-order valence-corrected chi connectivity index (χ0v) is 18.4. The summed E-state index contributed by atoms with van der Waals surface area (Å²) in [5.74, 6) is 1.37. The molecule has 2 saturated heterocycles. The summed E-state index contributed by atoms with van der Waals surface area (Å²) in [5.41, 5.74) is 1.23. The Kier molecular flexibility index (Phi) is 6.30. The molecule has 1 aromatic carbocycles. The van der Waals surface area contributed by atoms with E-state index in [-0.39, 0.29) is 5.91 Å². The van der Waals surface area contributed by atoms with Crippen molar-refractivity contribution in [2.75, 3.05) is 26.2 Å². The van der Waals surface area contributed by atoms with Crippen molar-refractivity contribution in [3.8, 4) is 0 Å². The molecule has 0 aromatic heterocycles. The normalized spacial score (nSPS) is 26.6. The van der Waals surface area contributed by atoms with Gasteiger partial charge in [0.2, 0.25) is 10.0 Å². The number of hydrogen-bond acceptors (Lipinski definition) is 3. The van der Waals surface area contributed by atoms with E-state index in [2.05, 4.69) is 0 Å². The van der Waals surface area contributed by atoms with Gasteiger partial charge < -0.3 is 4.90 Å². The average molecular weight is 419 g/mol. The number of piperidine rings is 1. The van der Waals surface area contributed by atoms with Gasteiger partial charge in [0.15, 0.2) is 0 Å². The van der Waals surface area contributed by atoms with Crippen molar-refractivity contribution in [1.29, 1.82) is 0 Å². The fourth-order valence-electron chi connectivity index (χ4n) is 5.40. The van der Waals surface area contributed by atoms with Crippen LogP contribution in [0, 0.1) is 18.8 Å². The van der Waals surface area contributed by atoms with Crippen molar-refractivity contribution >= 4 is 15.9 Å². The fraction of sp³-hybridized carbons (Fsp3) is 0.696. The second-order valence-corrected chi connectivity index (χ2v) is 11.0. The van der Waals surface area contributed by atoms with E-state index in [1.54, 1.807) is 22.5 Å². The number of sulfonamides is 1. The lowest BCUT2D eigenvalue weighted by Crippen LogP contribution is -2.44. The number of nitrogens with zero attached hydrogens (tertiary/aromatic N) is 2. The largest absolute Gasteiger partial charge is 0.338 e. The molecule has 1 aliphatic carbocycles. The molecule has 6 heteroatoms. The molecule has 2 aliphatic heterocycles. The number of benzene rings is 1. The van der Waals surface area contributed by atoms with E-state index in [0.29, 0.717) is 29.5 Å². The first kappa shape index (κ1) is 20.9. The Morgan fingerprint density at radius 1 is 0.897 bits per heavy atom. The van der Waals surface area contributed by atoms with Crippen LogP contribution in [0.4, 0.5) is 0 Å². The van der Waals surface area contributed by atoms with E-state index in [1.807, 2.05) is 11.8 Å². The summed E-state index contributed by atoms with van der Waals surface area (Å²) < 4.78 is 28.2. The van der Waals surface area contributed by atoms with E-state index < -0.39 is 10.0 Å². The number of carbonyl (C=O) groups excluding carboxylic acids is 1. The second kappa shape index (κ2) is 8.76. The molecule has 5 nitrogen and oxygen atoms in total. The van der Waals surface area contributed by atoms with Crippen molar-refractivity contribution in [3.05, 3.63) is 29.3 Å². The predicted octanol–water partition coefficient (Wildman–Crippen LogP) is 4.21. The summed E-state index contributed by atoms with van der Waals surface area (Å²) in [4.78, 5) is 15.5. The number of amides is 1. The van der Waals surface area contributed by atoms with Gasteiger partial charge >= 0.3 is 0 Å². The molecule has 1 amide bonds. The molecule has 29 heavy (non-hydrogen) atoms. The van der Waals surface area contributed by atoms with Gasteiger partial charge in [0, 0.05) is 31.7 Å². The lowest BCUT2D eigenvalue weighted by Gasteiger charge is -2.41. The van der Waals surface area contributed by atoms with E-state index in [1.165, 1.54) is 25.7 Å². The fourth-order valence-corrected chi connectivity index (χ4v) is 7.17. The molecule has 0 spiro atoms. The summed E-state index contributed by atoms with van der Waals surface area (Å²) >= 11 is 0. The lowest BCUT2D eigenvalue weighted by atomic mass is 9.75. The molecular formula is C23H34N2O3S. The molecule has 3 fully saturated rings. The standard InChI is InChI=1S/C23H34N2O3S/c1-18-10-11-20(16-22(18)29(27,28)25-13-6-2-3-7-14-25)23(26)24-15-12-19-8-4-5-9-21(19)17-24/h10-11,16,19,21H,2-9,12-15,17H2,1H3. The maximum atomic E-state index is 13.3. The number of rotatable bonds is 3. The predicted molar refractivity (Wildman–Crippen MR) is 114 cm³/mol. The number of carbonyl (C=O) groups is 1. The smallest absolute Gasteiger partial charge is 0.253 e. The molecule has 2 heterocycles. The van der Waals surface area contributed by atoms with Gasteiger partial charge in [-0.1, -0.05) is 38.2 Å². The molecule has 0 radical (unpaired) electrons. The second-order valence-electron chi connectivity index (χ2n) is 9.14. The SMILES string of the molecule is Cc1ccc(C(=O)N2CCC3CCCCC3C2)cc1S(=O)(=O)N1CCCCCC1. The highest BCUT2D eigenvalue weighted by Crippen LogP contribution is 2.36. The van der Waals surface area contributed by atoms with Gasteiger partial charge in [0.1, 0.15) is 0 Å². The third kappa shape index (κ3) is 4.38. The Morgan fingerprint density at radius 2 is 1.59 bits per heavy atom. The number of aryl methyl sites for hydroxylation is 1. The lowest BCUT2D eigenvalue weighted by molar-refractivity contribution is 0.0520. The monoisotopic (exact) mass is 418 g/mol. The van der Waals surface area contributed by atoms with E-state index in [9.17, 15) is 13.2 Å². The molecule has 2 atom stereocenters. The highest BCUT2D eigenvalue weighted by atomic mass is 32.2. The molecule has 1 aromatic rings. The highest BCUT2D eigenvalue weighted by Gasteiger charge is 2.34. The van der Waals surface area contributed by atoms with Crippen LogP contribution in [-0.2, 0) is 10.0 Å². The quantitative estimate of drug-likeness (QED) is 0.739. The summed E-state index contributed by atoms with van der Waals surface area (Å²) in [6.07, 6.45) is 10.2. The number of likely N-dealkylation sites (tertiary alicyclic amines) is 1. The first-order valence-electron chi connectivity index (χ1n) is 11.4. The van der Waals surface area contributed by atoms with Crippen LogP contribution in [0.2, 0.25) is 0 Å². The molecule has 2 unspecified atom stereocenters. The van der Waals surface area contributed by atoms with Gasteiger partial charge in [-0.05, 0) is 62.1 Å². The summed E-state index contributed by atoms with van der Waals surface area (Å²) in [7, 11) is -3.56. The topological polar surface area (TPSA) is 57.7 Å². The van der Waals surface area contributed by atoms with Crippen molar-refractivity contribution in [1.82, 2.24) is 9.21 Å². The Bertz CT molecular complexity index is 844. The minimum absolute atomic E-state index is 0.0126. The third-order valence-electron chi connectivity index (χ3n) is 7.20. The molecule has 1 saturated carbocycles. The molecular weight excluding hydrogens is 384 g/mol. The van der Waals surface area contributed by atoms with Crippen LogP contribution < -0.4 is 0 Å². The number of fused-ring (bicyclic) bond motifs is 1. The Morgan fingerprint density at radius 3 is 2.31 bits per heavy atom. The van der Waals surface area contributed by atoms with Crippen LogP contribution in [0.15, 0.2) is 23.1 Å². The van der Waals surface area contributed by atoms with Crippen LogP contribution in [0.25, 0.3) is 0 Å². The number of hydrogen-bond donors (Lipinski definition) is 0. The highest BCUT2D eigenvalue weighted by molar-refractivity contribution is 7.89. The van der Waals surface area contributed by atoms with E-state index in [4.69, 9.17) is 0 Å². The van der Waals surface area contributed by atoms with E-state index in [0.717, 1.165) is 56.7 Å². The summed E-state index contributed by atoms with van der Waals surface area (Å²) in [6.45, 7) is 4.60. The molecule has 160 valence electrons. The molecule has 0 N–H and O–H groups in total. The first-order valence-corrected chi connectivity index (χ1v) is 12.8. The maximum absolute atomic E-state index is 13.3. The molecule has 4 rings (SSSR count). The Hall–Kier alpha value is -1.40. The van der Waals surface area contributed by atoms with Gasteiger partial charge in [-0.3, -0.25) is 4.79 Å². The minimum Gasteiger partial charge on any atom is -0.338 e. The van der Waals surface area contributed by atoms with Gasteiger partial charge in [-0.15, -0.1) is 0 Å². The maximum Gasteiger partial charge on any atom is 0.253 e. The minimum atomic E-state index is -3.56. The average Bonchev–Trinajstić information content (AvgIpc) is 3.03. The van der Waals surface area contributed by atoms with Crippen molar-refractivity contribution in [2.24, 2.45) is 11.8 Å². The van der Waals surface area contributed by atoms with Crippen LogP contribution in [0.1, 0.15) is 73.7 Å². The van der Waals surface area contributed by atoms with Crippen molar-refractivity contribution in [2.45, 2.75) is 69.6 Å². The van der Waals surface area contributed by atoms with Gasteiger partial charge in [0.05, 0.1) is 4.90 Å². The first-order chi connectivity index (χ1) is 14.0. The van der Waals surface area contributed by atoms with Gasteiger partial charge in [-0.2, -0.15) is 4.31 Å². The summed E-state index contributed by atoms with van der Waals surface area (Å²) in [5, 5.41) is 0. The van der Waals surface area contributed by atoms with Gasteiger partial charge in [-0.25, -0.2) is 8.42 Å². The van der Waals surface area contributed by atoms with Gasteiger partial charge in [0.25, 0.3) is 5.91 Å². The summed E-state index contributed by atoms with van der Waals surface area (Å²) in [6, 6.07) is 5.22. The van der Waals surface area contributed by atoms with Crippen molar-refractivity contribution in [3.63, 3.8) is 0 Å². The zero-order valence-electron chi connectivity index (χ0n) is 17.6. The third-order valence-corrected chi connectivity index (χ3v) is 9.24. The Labute approximate surface area is 175 Å². The van der Waals surface area contributed by atoms with Crippen LogP contribution in [-0.4, -0.2) is 49.7 Å². The zero-order chi connectivity index (χ0) is 20.4.